The topological polar surface area (TPSA) is 94.1 Å². The fourth-order valence-electron chi connectivity index (χ4n) is 4.55. The van der Waals surface area contributed by atoms with Crippen molar-refractivity contribution in [2.24, 2.45) is 5.92 Å². The molecule has 0 saturated carbocycles. The Morgan fingerprint density at radius 2 is 2.15 bits per heavy atom. The Hall–Kier alpha value is -2.65. The largest absolute Gasteiger partial charge is 0.462 e. The highest BCUT2D eigenvalue weighted by Crippen LogP contribution is 2.36. The zero-order chi connectivity index (χ0) is 24.6. The number of H-pyrrole nitrogens is 1. The van der Waals surface area contributed by atoms with Crippen LogP contribution in [0, 0.1) is 19.8 Å². The van der Waals surface area contributed by atoms with Crippen molar-refractivity contribution in [2.75, 3.05) is 12.4 Å². The molecule has 1 aliphatic rings. The highest BCUT2D eigenvalue weighted by Gasteiger charge is 2.26. The zero-order valence-corrected chi connectivity index (χ0v) is 21.6. The Morgan fingerprint density at radius 1 is 1.38 bits per heavy atom. The summed E-state index contributed by atoms with van der Waals surface area (Å²) in [6.07, 6.45) is 4.63. The van der Waals surface area contributed by atoms with E-state index in [1.54, 1.807) is 42.8 Å². The molecule has 0 bridgehead atoms. The molecule has 0 aliphatic heterocycles. The lowest BCUT2D eigenvalue weighted by atomic mass is 9.89. The monoisotopic (exact) mass is 499 g/mol. The standard InChI is InChI=1S/C25H29N3O4S2/c1-6-10-28-23(30)20-16-9-8-13(3)11-18(16)34-22(20)27-25(28)33-12-17(29)21-14(4)19(15(5)26-21)24(31)32-7-2/h6,13,26H,1,7-12H2,2-5H3/t13-/m0/s1. The molecule has 1 aliphatic carbocycles. The summed E-state index contributed by atoms with van der Waals surface area (Å²) >= 11 is 2.83. The highest BCUT2D eigenvalue weighted by molar-refractivity contribution is 7.99. The minimum absolute atomic E-state index is 0.0663. The van der Waals surface area contributed by atoms with Crippen molar-refractivity contribution in [1.29, 1.82) is 0 Å². The molecule has 0 fully saturated rings. The first-order valence-electron chi connectivity index (χ1n) is 11.4. The summed E-state index contributed by atoms with van der Waals surface area (Å²) in [6, 6.07) is 0. The minimum atomic E-state index is -0.441. The van der Waals surface area contributed by atoms with Crippen LogP contribution < -0.4 is 5.56 Å². The lowest BCUT2D eigenvalue weighted by Gasteiger charge is -2.17. The van der Waals surface area contributed by atoms with Gasteiger partial charge in [0.05, 0.1) is 29.0 Å². The fraction of sp³-hybridized carbons (Fsp3) is 0.440. The summed E-state index contributed by atoms with van der Waals surface area (Å²) in [5.41, 5.74) is 3.04. The average molecular weight is 500 g/mol. The molecule has 9 heteroatoms. The number of aromatic amines is 1. The summed E-state index contributed by atoms with van der Waals surface area (Å²) < 4.78 is 6.72. The summed E-state index contributed by atoms with van der Waals surface area (Å²) in [7, 11) is 0. The van der Waals surface area contributed by atoms with E-state index in [1.807, 2.05) is 0 Å². The van der Waals surface area contributed by atoms with Crippen LogP contribution in [0.5, 0.6) is 0 Å². The van der Waals surface area contributed by atoms with Gasteiger partial charge in [-0.2, -0.15) is 0 Å². The number of esters is 1. The van der Waals surface area contributed by atoms with Crippen molar-refractivity contribution in [2.45, 2.75) is 58.7 Å². The average Bonchev–Trinajstić information content (AvgIpc) is 3.30. The van der Waals surface area contributed by atoms with Gasteiger partial charge in [0, 0.05) is 17.1 Å². The van der Waals surface area contributed by atoms with Gasteiger partial charge in [0.25, 0.3) is 5.56 Å². The number of thioether (sulfide) groups is 1. The van der Waals surface area contributed by atoms with E-state index >= 15 is 0 Å². The van der Waals surface area contributed by atoms with Crippen LogP contribution in [0.25, 0.3) is 10.2 Å². The molecule has 3 heterocycles. The van der Waals surface area contributed by atoms with E-state index in [1.165, 1.54) is 16.6 Å². The van der Waals surface area contributed by atoms with Crippen molar-refractivity contribution in [3.8, 4) is 0 Å². The number of Topliss-reactive ketones (excluding diaryl/α,β-unsaturated/α-hetero) is 1. The number of hydrogen-bond donors (Lipinski definition) is 1. The Morgan fingerprint density at radius 3 is 2.85 bits per heavy atom. The van der Waals surface area contributed by atoms with Crippen molar-refractivity contribution in [1.82, 2.24) is 14.5 Å². The molecule has 180 valence electrons. The van der Waals surface area contributed by atoms with E-state index in [0.29, 0.717) is 40.1 Å². The van der Waals surface area contributed by atoms with Gasteiger partial charge in [-0.3, -0.25) is 14.2 Å². The first-order valence-corrected chi connectivity index (χ1v) is 13.2. The number of rotatable bonds is 8. The Bertz CT molecular complexity index is 1350. The number of carbonyl (C=O) groups excluding carboxylic acids is 2. The van der Waals surface area contributed by atoms with E-state index < -0.39 is 5.97 Å². The fourth-order valence-corrected chi connectivity index (χ4v) is 6.85. The number of aromatic nitrogens is 3. The molecule has 0 spiro atoms. The number of carbonyl (C=O) groups is 2. The van der Waals surface area contributed by atoms with Gasteiger partial charge in [-0.1, -0.05) is 24.8 Å². The highest BCUT2D eigenvalue weighted by atomic mass is 32.2. The maximum Gasteiger partial charge on any atom is 0.340 e. The second-order valence-electron chi connectivity index (χ2n) is 8.69. The van der Waals surface area contributed by atoms with Gasteiger partial charge in [-0.15, -0.1) is 17.9 Å². The van der Waals surface area contributed by atoms with E-state index in [-0.39, 0.29) is 23.7 Å². The van der Waals surface area contributed by atoms with Gasteiger partial charge in [-0.25, -0.2) is 9.78 Å². The maximum absolute atomic E-state index is 13.4. The van der Waals surface area contributed by atoms with Gasteiger partial charge in [0.2, 0.25) is 0 Å². The molecule has 3 aromatic heterocycles. The molecule has 3 aromatic rings. The molecule has 34 heavy (non-hydrogen) atoms. The maximum atomic E-state index is 13.4. The number of ether oxygens (including phenoxy) is 1. The smallest absolute Gasteiger partial charge is 0.340 e. The van der Waals surface area contributed by atoms with Gasteiger partial charge in [0.15, 0.2) is 10.9 Å². The van der Waals surface area contributed by atoms with Crippen LogP contribution in [-0.2, 0) is 24.1 Å². The molecule has 0 amide bonds. The molecule has 4 rings (SSSR count). The Kier molecular flexibility index (Phi) is 7.14. The first kappa shape index (κ1) is 24.5. The first-order chi connectivity index (χ1) is 16.3. The third-order valence-electron chi connectivity index (χ3n) is 6.22. The van der Waals surface area contributed by atoms with Crippen LogP contribution in [0.2, 0.25) is 0 Å². The Labute approximate surface area is 206 Å². The molecular weight excluding hydrogens is 470 g/mol. The van der Waals surface area contributed by atoms with E-state index in [0.717, 1.165) is 35.0 Å². The van der Waals surface area contributed by atoms with E-state index in [9.17, 15) is 14.4 Å². The summed E-state index contributed by atoms with van der Waals surface area (Å²) in [6.45, 7) is 11.9. The van der Waals surface area contributed by atoms with Crippen LogP contribution in [-0.4, -0.2) is 38.6 Å². The lowest BCUT2D eigenvalue weighted by molar-refractivity contribution is 0.0525. The second-order valence-corrected chi connectivity index (χ2v) is 10.7. The quantitative estimate of drug-likeness (QED) is 0.156. The van der Waals surface area contributed by atoms with Crippen LogP contribution in [0.4, 0.5) is 0 Å². The van der Waals surface area contributed by atoms with Crippen molar-refractivity contribution in [3.63, 3.8) is 0 Å². The van der Waals surface area contributed by atoms with Crippen LogP contribution in [0.1, 0.15) is 62.8 Å². The third kappa shape index (κ3) is 4.38. The predicted molar refractivity (Wildman–Crippen MR) is 137 cm³/mol. The molecule has 1 N–H and O–H groups in total. The number of hydrogen-bond acceptors (Lipinski definition) is 7. The van der Waals surface area contributed by atoms with Gasteiger partial charge < -0.3 is 9.72 Å². The molecule has 0 radical (unpaired) electrons. The van der Waals surface area contributed by atoms with Crippen molar-refractivity contribution >= 4 is 45.1 Å². The van der Waals surface area contributed by atoms with E-state index in [4.69, 9.17) is 9.72 Å². The molecule has 7 nitrogen and oxygen atoms in total. The summed E-state index contributed by atoms with van der Waals surface area (Å²) in [4.78, 5) is 48.6. The van der Waals surface area contributed by atoms with E-state index in [2.05, 4.69) is 18.5 Å². The molecule has 1 atom stereocenters. The minimum Gasteiger partial charge on any atom is -0.462 e. The molecule has 0 saturated heterocycles. The number of allylic oxidation sites excluding steroid dienone is 1. The van der Waals surface area contributed by atoms with Crippen molar-refractivity contribution < 1.29 is 14.3 Å². The number of aryl methyl sites for hydroxylation is 2. The Balaban J connectivity index is 1.65. The van der Waals surface area contributed by atoms with Crippen molar-refractivity contribution in [3.05, 3.63) is 56.0 Å². The third-order valence-corrected chi connectivity index (χ3v) is 8.34. The summed E-state index contributed by atoms with van der Waals surface area (Å²) in [5, 5.41) is 1.23. The normalized spacial score (nSPS) is 15.4. The number of thiophene rings is 1. The molecule has 0 aromatic carbocycles. The number of nitrogens with one attached hydrogen (secondary N) is 1. The second kappa shape index (κ2) is 9.92. The lowest BCUT2D eigenvalue weighted by Crippen LogP contribution is -2.24. The van der Waals surface area contributed by atoms with Gasteiger partial charge >= 0.3 is 5.97 Å². The predicted octanol–water partition coefficient (Wildman–Crippen LogP) is 4.87. The molecule has 0 unspecified atom stereocenters. The SMILES string of the molecule is C=CCn1c(SCC(=O)c2[nH]c(C)c(C(=O)OCC)c2C)nc2sc3c(c2c1=O)CC[C@H](C)C3. The zero-order valence-electron chi connectivity index (χ0n) is 19.9. The molecular formula is C25H29N3O4S2. The van der Waals surface area contributed by atoms with Gasteiger partial charge in [-0.05, 0) is 57.1 Å². The number of nitrogens with zero attached hydrogens (tertiary/aromatic N) is 2. The summed E-state index contributed by atoms with van der Waals surface area (Å²) in [5.74, 6) is 0.0815. The van der Waals surface area contributed by atoms with Crippen LogP contribution in [0.15, 0.2) is 22.6 Å². The van der Waals surface area contributed by atoms with Gasteiger partial charge in [0.1, 0.15) is 4.83 Å². The van der Waals surface area contributed by atoms with Crippen LogP contribution in [0.3, 0.4) is 0 Å². The number of fused-ring (bicyclic) bond motifs is 3. The number of ketones is 1. The van der Waals surface area contributed by atoms with Crippen LogP contribution >= 0.6 is 23.1 Å².